The number of amides is 3. The van der Waals surface area contributed by atoms with Crippen molar-refractivity contribution in [1.29, 1.82) is 0 Å². The van der Waals surface area contributed by atoms with E-state index in [0.29, 0.717) is 11.8 Å². The second-order valence-electron chi connectivity index (χ2n) is 9.65. The van der Waals surface area contributed by atoms with Gasteiger partial charge in [0, 0.05) is 35.6 Å². The average molecular weight is 598 g/mol. The Kier molecular flexibility index (Phi) is 7.27. The number of hydroxylamine groups is 4. The number of hydrogen-bond donors (Lipinski definition) is 2. The first-order chi connectivity index (χ1) is 19.4. The highest BCUT2D eigenvalue weighted by Crippen LogP contribution is 2.49. The number of fused-ring (bicyclic) bond motifs is 11. The van der Waals surface area contributed by atoms with Gasteiger partial charge in [-0.2, -0.15) is 5.48 Å². The molecule has 2 aromatic rings. The van der Waals surface area contributed by atoms with Gasteiger partial charge in [-0.1, -0.05) is 40.7 Å². The van der Waals surface area contributed by atoms with Crippen LogP contribution in [0.3, 0.4) is 0 Å². The monoisotopic (exact) mass is 597 g/mol. The van der Waals surface area contributed by atoms with Crippen molar-refractivity contribution in [3.05, 3.63) is 70.8 Å². The Hall–Kier alpha value is -3.98. The molecule has 1 saturated heterocycles. The lowest BCUT2D eigenvalue weighted by Crippen LogP contribution is -2.73. The summed E-state index contributed by atoms with van der Waals surface area (Å²) in [6.07, 6.45) is -1.56. The lowest BCUT2D eigenvalue weighted by atomic mass is 9.84. The summed E-state index contributed by atoms with van der Waals surface area (Å²) in [6.45, 7) is 0.997. The van der Waals surface area contributed by atoms with Crippen molar-refractivity contribution in [2.75, 3.05) is 0 Å². The summed E-state index contributed by atoms with van der Waals surface area (Å²) in [5.74, 6) is -6.38. The van der Waals surface area contributed by atoms with E-state index < -0.39 is 85.4 Å². The Morgan fingerprint density at radius 2 is 1.39 bits per heavy atom. The molecule has 0 spiro atoms. The highest BCUT2D eigenvalue weighted by atomic mass is 32.2. The third-order valence-corrected chi connectivity index (χ3v) is 9.65. The van der Waals surface area contributed by atoms with E-state index in [1.807, 2.05) is 0 Å². The van der Waals surface area contributed by atoms with Crippen LogP contribution in [0.4, 0.5) is 0 Å². The van der Waals surface area contributed by atoms with Crippen molar-refractivity contribution >= 4 is 69.0 Å². The largest absolute Gasteiger partial charge is 0.362 e. The fraction of sp³-hybridized carbons (Fsp3) is 0.259. The number of rotatable bonds is 4. The molecule has 2 aromatic carbocycles. The molecule has 41 heavy (non-hydrogen) atoms. The van der Waals surface area contributed by atoms with Crippen LogP contribution in [0, 0.1) is 0 Å². The Labute approximate surface area is 240 Å². The number of Topliss-reactive ketones (excluding diaryl/α,β-unsaturated/α-hetero) is 2. The van der Waals surface area contributed by atoms with Crippen LogP contribution in [-0.2, 0) is 24.0 Å². The first-order valence-electron chi connectivity index (χ1n) is 12.3. The number of nitrogens with one attached hydrogen (secondary N) is 1. The summed E-state index contributed by atoms with van der Waals surface area (Å²) in [5, 5.41) is 8.82. The molecule has 14 heteroatoms. The van der Waals surface area contributed by atoms with Gasteiger partial charge in [0.1, 0.15) is 0 Å². The Morgan fingerprint density at radius 1 is 0.878 bits per heavy atom. The van der Waals surface area contributed by atoms with Gasteiger partial charge in [-0.3, -0.25) is 24.0 Å². The molecule has 2 N–H and O–H groups in total. The molecule has 12 nitrogen and oxygen atoms in total. The molecule has 5 heterocycles. The highest BCUT2D eigenvalue weighted by molar-refractivity contribution is 8.17. The lowest BCUT2D eigenvalue weighted by molar-refractivity contribution is -0.991. The van der Waals surface area contributed by atoms with E-state index in [2.05, 4.69) is 0 Å². The number of likely N-dealkylation sites (tertiary alicyclic amines) is 1. The minimum absolute atomic E-state index is 0.0390. The molecular formula is C27H21N2O10S2+. The molecule has 7 rings (SSSR count). The maximum Gasteiger partial charge on any atom is 0.362 e. The minimum atomic E-state index is -2.92. The van der Waals surface area contributed by atoms with Crippen LogP contribution in [0.2, 0.25) is 0 Å². The predicted octanol–water partition coefficient (Wildman–Crippen LogP) is 2.04. The molecule has 5 aliphatic heterocycles. The summed E-state index contributed by atoms with van der Waals surface area (Å²) >= 11 is 0.539. The SMILES string of the molecule is CC(=O)NOC(=O)C1(C(C2CC(=O)c3ccc(cc3)C(=O)S2)[N+]2(O)C(=O)CCC2=O)SC(=O)c2ccc(cc2)C1=O. The topological polar surface area (TPSA) is 178 Å². The first-order valence-corrected chi connectivity index (χ1v) is 14.0. The van der Waals surface area contributed by atoms with Gasteiger partial charge in [-0.15, -0.1) is 0 Å². The molecule has 210 valence electrons. The van der Waals surface area contributed by atoms with Crippen molar-refractivity contribution in [3.8, 4) is 0 Å². The van der Waals surface area contributed by atoms with Crippen LogP contribution >= 0.6 is 23.5 Å². The molecule has 3 atom stereocenters. The van der Waals surface area contributed by atoms with Gasteiger partial charge in [0.25, 0.3) is 0 Å². The smallest absolute Gasteiger partial charge is 0.338 e. The van der Waals surface area contributed by atoms with Crippen LogP contribution in [0.1, 0.15) is 67.6 Å². The summed E-state index contributed by atoms with van der Waals surface area (Å²) in [6, 6.07) is 8.56. The Balaban J connectivity index is 1.80. The zero-order valence-corrected chi connectivity index (χ0v) is 22.9. The van der Waals surface area contributed by atoms with Gasteiger partial charge in [0.15, 0.2) is 17.6 Å². The molecule has 0 aromatic heterocycles. The van der Waals surface area contributed by atoms with Crippen molar-refractivity contribution in [2.24, 2.45) is 0 Å². The minimum Gasteiger partial charge on any atom is -0.338 e. The zero-order chi connectivity index (χ0) is 29.7. The van der Waals surface area contributed by atoms with Gasteiger partial charge in [0.05, 0.1) is 18.1 Å². The number of imide groups is 1. The van der Waals surface area contributed by atoms with E-state index in [-0.39, 0.29) is 34.0 Å². The van der Waals surface area contributed by atoms with Gasteiger partial charge in [0.2, 0.25) is 20.9 Å². The molecule has 1 fully saturated rings. The van der Waals surface area contributed by atoms with Gasteiger partial charge in [-0.25, -0.2) is 19.6 Å². The van der Waals surface area contributed by atoms with E-state index in [0.717, 1.165) is 6.92 Å². The third kappa shape index (κ3) is 4.62. The van der Waals surface area contributed by atoms with Crippen molar-refractivity contribution in [2.45, 2.75) is 42.2 Å². The number of nitrogens with zero attached hydrogens (tertiary/aromatic N) is 1. The Morgan fingerprint density at radius 3 is 1.95 bits per heavy atom. The van der Waals surface area contributed by atoms with Gasteiger partial charge < -0.3 is 4.84 Å². The molecule has 4 bridgehead atoms. The lowest BCUT2D eigenvalue weighted by Gasteiger charge is -2.43. The van der Waals surface area contributed by atoms with Crippen LogP contribution in [0.25, 0.3) is 0 Å². The van der Waals surface area contributed by atoms with Crippen molar-refractivity contribution in [3.63, 3.8) is 0 Å². The molecule has 0 aliphatic carbocycles. The highest BCUT2D eigenvalue weighted by Gasteiger charge is 2.73. The average Bonchev–Trinajstić information content (AvgIpc) is 3.25. The number of hydrogen-bond acceptors (Lipinski definition) is 12. The van der Waals surface area contributed by atoms with Crippen molar-refractivity contribution in [1.82, 2.24) is 5.48 Å². The number of ketones is 2. The number of carbonyl (C=O) groups excluding carboxylic acids is 8. The molecule has 3 unspecified atom stereocenters. The summed E-state index contributed by atoms with van der Waals surface area (Å²) in [5.41, 5.74) is 1.98. The van der Waals surface area contributed by atoms with Crippen LogP contribution in [-0.4, -0.2) is 71.4 Å². The fourth-order valence-corrected chi connectivity index (χ4v) is 7.85. The molecule has 0 saturated carbocycles. The summed E-state index contributed by atoms with van der Waals surface area (Å²) in [7, 11) is 0. The van der Waals surface area contributed by atoms with Crippen LogP contribution < -0.4 is 5.48 Å². The third-order valence-electron chi connectivity index (χ3n) is 7.14. The van der Waals surface area contributed by atoms with E-state index in [9.17, 15) is 43.6 Å². The van der Waals surface area contributed by atoms with Gasteiger partial charge in [-0.05, 0) is 36.0 Å². The van der Waals surface area contributed by atoms with E-state index >= 15 is 0 Å². The second-order valence-corrected chi connectivity index (χ2v) is 12.1. The van der Waals surface area contributed by atoms with E-state index in [4.69, 9.17) is 4.84 Å². The number of carbonyl (C=O) groups is 8. The van der Waals surface area contributed by atoms with Gasteiger partial charge >= 0.3 is 17.8 Å². The van der Waals surface area contributed by atoms with E-state index in [1.54, 1.807) is 5.48 Å². The Bertz CT molecular complexity index is 1500. The quantitative estimate of drug-likeness (QED) is 0.173. The second kappa shape index (κ2) is 10.4. The number of benzene rings is 2. The van der Waals surface area contributed by atoms with E-state index in [1.165, 1.54) is 48.5 Å². The summed E-state index contributed by atoms with van der Waals surface area (Å²) < 4.78 is -5.05. The maximum atomic E-state index is 14.3. The fourth-order valence-electron chi connectivity index (χ4n) is 5.15. The van der Waals surface area contributed by atoms with Crippen LogP contribution in [0.15, 0.2) is 48.5 Å². The number of thioether (sulfide) groups is 2. The zero-order valence-electron chi connectivity index (χ0n) is 21.3. The normalized spacial score (nSPS) is 24.3. The number of quaternary nitrogens is 1. The molecular weight excluding hydrogens is 576 g/mol. The van der Waals surface area contributed by atoms with Crippen molar-refractivity contribution < 1.29 is 53.0 Å². The first kappa shape index (κ1) is 28.5. The maximum absolute atomic E-state index is 14.3. The molecule has 3 amide bonds. The molecule has 5 aliphatic rings. The van der Waals surface area contributed by atoms with Crippen LogP contribution in [0.5, 0.6) is 0 Å². The molecule has 0 radical (unpaired) electrons. The predicted molar refractivity (Wildman–Crippen MR) is 142 cm³/mol. The standard InChI is InChI=1S/C27H20N2O10S2/c1-13(30)28-39-26(37)27(23(34)15-4-8-17(9-5-15)25(36)41-27)22(29(38)20(32)10-11-21(29)33)19-12-18(31)14-2-6-16(7-3-14)24(35)40-19/h2-9,19,22,38H,10-12H2,1H3/p+1. The summed E-state index contributed by atoms with van der Waals surface area (Å²) in [4.78, 5) is 112.